The average molecular weight is 224 g/mol. The summed E-state index contributed by atoms with van der Waals surface area (Å²) in [5.41, 5.74) is 9.37. The van der Waals surface area contributed by atoms with Gasteiger partial charge in [-0.25, -0.2) is 0 Å². The monoisotopic (exact) mass is 224 g/mol. The Kier molecular flexibility index (Phi) is 4.03. The molecule has 4 heteroatoms. The fourth-order valence-electron chi connectivity index (χ4n) is 1.32. The van der Waals surface area contributed by atoms with Crippen molar-refractivity contribution in [3.8, 4) is 0 Å². The lowest BCUT2D eigenvalue weighted by Crippen LogP contribution is -2.15. The lowest BCUT2D eigenvalue weighted by atomic mass is 10.1. The van der Waals surface area contributed by atoms with Gasteiger partial charge in [0, 0.05) is 11.4 Å². The van der Waals surface area contributed by atoms with Gasteiger partial charge in [-0.1, -0.05) is 6.07 Å². The van der Waals surface area contributed by atoms with Crippen molar-refractivity contribution < 1.29 is 4.79 Å². The summed E-state index contributed by atoms with van der Waals surface area (Å²) in [6, 6.07) is 3.78. The van der Waals surface area contributed by atoms with Crippen LogP contribution in [0.25, 0.3) is 0 Å². The van der Waals surface area contributed by atoms with E-state index in [2.05, 4.69) is 5.32 Å². The molecule has 3 nitrogen and oxygen atoms in total. The first-order chi connectivity index (χ1) is 7.04. The number of hydrogen-bond donors (Lipinski definition) is 2. The van der Waals surface area contributed by atoms with Gasteiger partial charge in [-0.15, -0.1) is 0 Å². The van der Waals surface area contributed by atoms with E-state index in [1.165, 1.54) is 11.8 Å². The van der Waals surface area contributed by atoms with Crippen molar-refractivity contribution in [1.82, 2.24) is 0 Å². The Hall–Kier alpha value is -1.16. The molecule has 0 bridgehead atoms. The third kappa shape index (κ3) is 3.16. The van der Waals surface area contributed by atoms with Crippen molar-refractivity contribution in [3.05, 3.63) is 23.3 Å². The Morgan fingerprint density at radius 2 is 2.07 bits per heavy atom. The topological polar surface area (TPSA) is 55.1 Å². The first-order valence-electron chi connectivity index (χ1n) is 4.70. The van der Waals surface area contributed by atoms with Crippen LogP contribution in [-0.2, 0) is 4.79 Å². The minimum absolute atomic E-state index is 0.00820. The molecule has 1 aromatic rings. The number of carbonyl (C=O) groups excluding carboxylic acids is 1. The lowest BCUT2D eigenvalue weighted by Gasteiger charge is -2.10. The van der Waals surface area contributed by atoms with Crippen LogP contribution in [0, 0.1) is 13.8 Å². The van der Waals surface area contributed by atoms with E-state index in [0.29, 0.717) is 11.4 Å². The molecular formula is C11H16N2OS. The third-order valence-electron chi connectivity index (χ3n) is 2.16. The van der Waals surface area contributed by atoms with E-state index < -0.39 is 0 Å². The zero-order chi connectivity index (χ0) is 11.4. The molecule has 0 radical (unpaired) electrons. The highest BCUT2D eigenvalue weighted by Gasteiger charge is 2.05. The van der Waals surface area contributed by atoms with E-state index >= 15 is 0 Å². The molecule has 1 aromatic carbocycles. The molecule has 0 heterocycles. The second-order valence-electron chi connectivity index (χ2n) is 3.50. The quantitative estimate of drug-likeness (QED) is 0.774. The van der Waals surface area contributed by atoms with E-state index in [1.807, 2.05) is 32.2 Å². The highest BCUT2D eigenvalue weighted by Crippen LogP contribution is 2.22. The van der Waals surface area contributed by atoms with Crippen LogP contribution in [0.4, 0.5) is 11.4 Å². The Morgan fingerprint density at radius 1 is 1.40 bits per heavy atom. The minimum Gasteiger partial charge on any atom is -0.398 e. The Bertz CT molecular complexity index is 377. The second kappa shape index (κ2) is 5.07. The van der Waals surface area contributed by atoms with Crippen LogP contribution in [0.2, 0.25) is 0 Å². The van der Waals surface area contributed by atoms with Crippen molar-refractivity contribution in [3.63, 3.8) is 0 Å². The number of thioether (sulfide) groups is 1. The van der Waals surface area contributed by atoms with Crippen LogP contribution in [0.15, 0.2) is 12.1 Å². The Morgan fingerprint density at radius 3 is 2.67 bits per heavy atom. The summed E-state index contributed by atoms with van der Waals surface area (Å²) in [5.74, 6) is 0.474. The van der Waals surface area contributed by atoms with Crippen LogP contribution in [0.5, 0.6) is 0 Å². The number of nitrogen functional groups attached to an aromatic ring is 1. The number of amides is 1. The third-order valence-corrected chi connectivity index (χ3v) is 2.71. The molecule has 15 heavy (non-hydrogen) atoms. The molecular weight excluding hydrogens is 208 g/mol. The number of anilines is 2. The minimum atomic E-state index is 0.00820. The summed E-state index contributed by atoms with van der Waals surface area (Å²) in [6.07, 6.45) is 1.90. The SMILES string of the molecule is CSCC(=O)Nc1cc(N)c(C)cc1C. The van der Waals surface area contributed by atoms with Gasteiger partial charge in [0.1, 0.15) is 0 Å². The fourth-order valence-corrected chi connectivity index (χ4v) is 1.66. The predicted molar refractivity (Wildman–Crippen MR) is 67.3 cm³/mol. The van der Waals surface area contributed by atoms with E-state index in [9.17, 15) is 4.79 Å². The van der Waals surface area contributed by atoms with Gasteiger partial charge >= 0.3 is 0 Å². The van der Waals surface area contributed by atoms with Gasteiger partial charge in [0.2, 0.25) is 5.91 Å². The van der Waals surface area contributed by atoms with Gasteiger partial charge in [-0.3, -0.25) is 4.79 Å². The summed E-state index contributed by atoms with van der Waals surface area (Å²) in [6.45, 7) is 3.91. The molecule has 0 fully saturated rings. The van der Waals surface area contributed by atoms with E-state index in [4.69, 9.17) is 5.73 Å². The maximum absolute atomic E-state index is 11.4. The van der Waals surface area contributed by atoms with Crippen LogP contribution in [0.1, 0.15) is 11.1 Å². The largest absolute Gasteiger partial charge is 0.398 e. The average Bonchev–Trinajstić information content (AvgIpc) is 2.14. The normalized spacial score (nSPS) is 10.1. The van der Waals surface area contributed by atoms with Crippen LogP contribution in [-0.4, -0.2) is 17.9 Å². The van der Waals surface area contributed by atoms with Crippen LogP contribution < -0.4 is 11.1 Å². The number of aryl methyl sites for hydroxylation is 2. The van der Waals surface area contributed by atoms with Gasteiger partial charge in [-0.05, 0) is 37.3 Å². The van der Waals surface area contributed by atoms with Crippen molar-refractivity contribution in [2.24, 2.45) is 0 Å². The summed E-state index contributed by atoms with van der Waals surface area (Å²) >= 11 is 1.50. The Balaban J connectivity index is 2.86. The molecule has 0 unspecified atom stereocenters. The van der Waals surface area contributed by atoms with Crippen molar-refractivity contribution in [2.45, 2.75) is 13.8 Å². The second-order valence-corrected chi connectivity index (χ2v) is 4.37. The molecule has 0 spiro atoms. The number of benzene rings is 1. The summed E-state index contributed by atoms with van der Waals surface area (Å²) in [5, 5.41) is 2.84. The molecule has 1 rings (SSSR count). The standard InChI is InChI=1S/C11H16N2OS/c1-7-4-8(2)10(5-9(7)12)13-11(14)6-15-3/h4-5H,6,12H2,1-3H3,(H,13,14). The predicted octanol–water partition coefficient (Wildman–Crippen LogP) is 2.19. The van der Waals surface area contributed by atoms with Gasteiger partial charge in [0.15, 0.2) is 0 Å². The molecule has 3 N–H and O–H groups in total. The smallest absolute Gasteiger partial charge is 0.234 e. The van der Waals surface area contributed by atoms with Gasteiger partial charge < -0.3 is 11.1 Å². The highest BCUT2D eigenvalue weighted by atomic mass is 32.2. The number of rotatable bonds is 3. The highest BCUT2D eigenvalue weighted by molar-refractivity contribution is 7.99. The zero-order valence-electron chi connectivity index (χ0n) is 9.26. The lowest BCUT2D eigenvalue weighted by molar-refractivity contribution is -0.113. The van der Waals surface area contributed by atoms with Crippen LogP contribution >= 0.6 is 11.8 Å². The molecule has 0 aromatic heterocycles. The van der Waals surface area contributed by atoms with Crippen LogP contribution in [0.3, 0.4) is 0 Å². The van der Waals surface area contributed by atoms with Gasteiger partial charge in [0.05, 0.1) is 5.75 Å². The maximum Gasteiger partial charge on any atom is 0.234 e. The van der Waals surface area contributed by atoms with E-state index in [0.717, 1.165) is 16.8 Å². The summed E-state index contributed by atoms with van der Waals surface area (Å²) in [4.78, 5) is 11.4. The number of nitrogens with two attached hydrogens (primary N) is 1. The van der Waals surface area contributed by atoms with E-state index in [1.54, 1.807) is 0 Å². The first kappa shape index (κ1) is 11.9. The molecule has 82 valence electrons. The molecule has 0 aliphatic rings. The zero-order valence-corrected chi connectivity index (χ0v) is 10.1. The van der Waals surface area contributed by atoms with E-state index in [-0.39, 0.29) is 5.91 Å². The summed E-state index contributed by atoms with van der Waals surface area (Å²) < 4.78 is 0. The van der Waals surface area contributed by atoms with Gasteiger partial charge in [0.25, 0.3) is 0 Å². The number of carbonyl (C=O) groups is 1. The molecule has 0 aliphatic heterocycles. The van der Waals surface area contributed by atoms with Crippen molar-refractivity contribution in [1.29, 1.82) is 0 Å². The molecule has 1 amide bonds. The number of nitrogens with one attached hydrogen (secondary N) is 1. The number of hydrogen-bond acceptors (Lipinski definition) is 3. The van der Waals surface area contributed by atoms with Crippen molar-refractivity contribution >= 4 is 29.0 Å². The maximum atomic E-state index is 11.4. The summed E-state index contributed by atoms with van der Waals surface area (Å²) in [7, 11) is 0. The first-order valence-corrected chi connectivity index (χ1v) is 6.09. The molecule has 0 atom stereocenters. The molecule has 0 aliphatic carbocycles. The van der Waals surface area contributed by atoms with Gasteiger partial charge in [-0.2, -0.15) is 11.8 Å². The molecule has 0 saturated heterocycles. The Labute approximate surface area is 94.4 Å². The fraction of sp³-hybridized carbons (Fsp3) is 0.364. The van der Waals surface area contributed by atoms with Crippen molar-refractivity contribution in [2.75, 3.05) is 23.1 Å². The molecule has 0 saturated carbocycles.